The predicted octanol–water partition coefficient (Wildman–Crippen LogP) is 3.83. The fourth-order valence-corrected chi connectivity index (χ4v) is 1.88. The van der Waals surface area contributed by atoms with Gasteiger partial charge < -0.3 is 10.6 Å². The maximum atomic E-state index is 12.9. The molecule has 0 saturated carbocycles. The van der Waals surface area contributed by atoms with Gasteiger partial charge in [-0.05, 0) is 42.5 Å². The second-order valence-electron chi connectivity index (χ2n) is 3.75. The van der Waals surface area contributed by atoms with Gasteiger partial charge in [0.15, 0.2) is 0 Å². The lowest BCUT2D eigenvalue weighted by atomic mass is 10.2. The Labute approximate surface area is 104 Å². The Morgan fingerprint density at radius 2 is 1.76 bits per heavy atom. The van der Waals surface area contributed by atoms with E-state index in [0.717, 1.165) is 11.4 Å². The highest BCUT2D eigenvalue weighted by Crippen LogP contribution is 2.31. The summed E-state index contributed by atoms with van der Waals surface area (Å²) in [5.74, 6) is -0.343. The maximum Gasteiger partial charge on any atom is 0.124 e. The minimum atomic E-state index is -0.343. The SMILES string of the molecule is CN(c1ccc(N)cc1)c1ccc(F)cc1Cl. The molecule has 2 nitrogen and oxygen atoms in total. The van der Waals surface area contributed by atoms with Crippen molar-refractivity contribution in [1.82, 2.24) is 0 Å². The maximum absolute atomic E-state index is 12.9. The summed E-state index contributed by atoms with van der Waals surface area (Å²) >= 11 is 6.00. The van der Waals surface area contributed by atoms with Crippen molar-refractivity contribution in [3.8, 4) is 0 Å². The van der Waals surface area contributed by atoms with Gasteiger partial charge in [-0.25, -0.2) is 4.39 Å². The van der Waals surface area contributed by atoms with Crippen LogP contribution in [0.1, 0.15) is 0 Å². The second-order valence-corrected chi connectivity index (χ2v) is 4.15. The van der Waals surface area contributed by atoms with Gasteiger partial charge in [-0.1, -0.05) is 11.6 Å². The van der Waals surface area contributed by atoms with Crippen LogP contribution in [0.15, 0.2) is 42.5 Å². The summed E-state index contributed by atoms with van der Waals surface area (Å²) in [6.45, 7) is 0. The molecule has 0 aliphatic rings. The van der Waals surface area contributed by atoms with Crippen LogP contribution in [0, 0.1) is 5.82 Å². The Hall–Kier alpha value is -1.74. The molecule has 0 aromatic heterocycles. The minimum absolute atomic E-state index is 0.343. The lowest BCUT2D eigenvalue weighted by Gasteiger charge is -2.20. The number of hydrogen-bond donors (Lipinski definition) is 1. The molecule has 4 heteroatoms. The van der Waals surface area contributed by atoms with E-state index in [0.29, 0.717) is 10.7 Å². The Kier molecular flexibility index (Phi) is 3.20. The Bertz CT molecular complexity index is 525. The fourth-order valence-electron chi connectivity index (χ4n) is 1.59. The second kappa shape index (κ2) is 4.63. The molecule has 0 heterocycles. The third-order valence-corrected chi connectivity index (χ3v) is 2.85. The van der Waals surface area contributed by atoms with E-state index in [9.17, 15) is 4.39 Å². The van der Waals surface area contributed by atoms with Gasteiger partial charge >= 0.3 is 0 Å². The summed E-state index contributed by atoms with van der Waals surface area (Å²) < 4.78 is 12.9. The number of nitrogens with zero attached hydrogens (tertiary/aromatic N) is 1. The highest BCUT2D eigenvalue weighted by molar-refractivity contribution is 6.33. The summed E-state index contributed by atoms with van der Waals surface area (Å²) in [5.41, 5.74) is 8.01. The molecular formula is C13H12ClFN2. The third-order valence-electron chi connectivity index (χ3n) is 2.55. The molecule has 0 bridgehead atoms. The smallest absolute Gasteiger partial charge is 0.124 e. The lowest BCUT2D eigenvalue weighted by Crippen LogP contribution is -2.10. The van der Waals surface area contributed by atoms with Crippen LogP contribution in [0.5, 0.6) is 0 Å². The van der Waals surface area contributed by atoms with Gasteiger partial charge in [0, 0.05) is 18.4 Å². The van der Waals surface area contributed by atoms with Crippen LogP contribution in [0.2, 0.25) is 5.02 Å². The fraction of sp³-hybridized carbons (Fsp3) is 0.0769. The number of rotatable bonds is 2. The lowest BCUT2D eigenvalue weighted by molar-refractivity contribution is 0.628. The van der Waals surface area contributed by atoms with E-state index in [1.807, 2.05) is 36.2 Å². The molecule has 2 rings (SSSR count). The van der Waals surface area contributed by atoms with E-state index in [4.69, 9.17) is 17.3 Å². The molecule has 17 heavy (non-hydrogen) atoms. The molecule has 0 spiro atoms. The largest absolute Gasteiger partial charge is 0.399 e. The van der Waals surface area contributed by atoms with Gasteiger partial charge in [0.05, 0.1) is 10.7 Å². The van der Waals surface area contributed by atoms with Crippen molar-refractivity contribution in [2.45, 2.75) is 0 Å². The van der Waals surface area contributed by atoms with Crippen molar-refractivity contribution in [2.75, 3.05) is 17.7 Å². The summed E-state index contributed by atoms with van der Waals surface area (Å²) in [5, 5.41) is 0.379. The zero-order valence-electron chi connectivity index (χ0n) is 9.32. The molecule has 0 fully saturated rings. The normalized spacial score (nSPS) is 10.3. The first-order chi connectivity index (χ1) is 8.08. The van der Waals surface area contributed by atoms with Crippen LogP contribution >= 0.6 is 11.6 Å². The number of benzene rings is 2. The zero-order chi connectivity index (χ0) is 12.4. The van der Waals surface area contributed by atoms with Crippen LogP contribution in [-0.2, 0) is 0 Å². The summed E-state index contributed by atoms with van der Waals surface area (Å²) in [4.78, 5) is 1.88. The average molecular weight is 251 g/mol. The minimum Gasteiger partial charge on any atom is -0.399 e. The molecule has 0 atom stereocenters. The number of halogens is 2. The van der Waals surface area contributed by atoms with Gasteiger partial charge in [-0.15, -0.1) is 0 Å². The molecule has 0 aliphatic heterocycles. The first kappa shape index (κ1) is 11.7. The van der Waals surface area contributed by atoms with Gasteiger partial charge in [-0.2, -0.15) is 0 Å². The van der Waals surface area contributed by atoms with Gasteiger partial charge in [0.2, 0.25) is 0 Å². The average Bonchev–Trinajstić information content (AvgIpc) is 2.29. The van der Waals surface area contributed by atoms with Crippen LogP contribution < -0.4 is 10.6 Å². The van der Waals surface area contributed by atoms with Crippen LogP contribution in [0.3, 0.4) is 0 Å². The molecule has 2 aromatic carbocycles. The van der Waals surface area contributed by atoms with E-state index in [1.54, 1.807) is 6.07 Å². The molecule has 0 aliphatic carbocycles. The van der Waals surface area contributed by atoms with E-state index in [1.165, 1.54) is 12.1 Å². The standard InChI is InChI=1S/C13H12ClFN2/c1-17(11-5-3-10(16)4-6-11)13-7-2-9(15)8-12(13)14/h2-8H,16H2,1H3. The van der Waals surface area contributed by atoms with Crippen molar-refractivity contribution >= 4 is 28.7 Å². The Morgan fingerprint density at radius 3 is 2.35 bits per heavy atom. The van der Waals surface area contributed by atoms with Gasteiger partial charge in [-0.3, -0.25) is 0 Å². The Morgan fingerprint density at radius 1 is 1.12 bits per heavy atom. The topological polar surface area (TPSA) is 29.3 Å². The third kappa shape index (κ3) is 2.50. The van der Waals surface area contributed by atoms with Crippen molar-refractivity contribution in [3.63, 3.8) is 0 Å². The van der Waals surface area contributed by atoms with Crippen molar-refractivity contribution in [3.05, 3.63) is 53.3 Å². The molecule has 88 valence electrons. The summed E-state index contributed by atoms with van der Waals surface area (Å²) in [7, 11) is 1.87. The quantitative estimate of drug-likeness (QED) is 0.821. The van der Waals surface area contributed by atoms with Crippen LogP contribution in [-0.4, -0.2) is 7.05 Å². The molecule has 2 aromatic rings. The van der Waals surface area contributed by atoms with Crippen molar-refractivity contribution < 1.29 is 4.39 Å². The molecule has 2 N–H and O–H groups in total. The summed E-state index contributed by atoms with van der Waals surface area (Å²) in [6.07, 6.45) is 0. The van der Waals surface area contributed by atoms with Crippen LogP contribution in [0.25, 0.3) is 0 Å². The van der Waals surface area contributed by atoms with Gasteiger partial charge in [0.1, 0.15) is 5.82 Å². The molecule has 0 amide bonds. The van der Waals surface area contributed by atoms with Crippen molar-refractivity contribution in [1.29, 1.82) is 0 Å². The van der Waals surface area contributed by atoms with E-state index in [2.05, 4.69) is 0 Å². The molecule has 0 unspecified atom stereocenters. The molecule has 0 saturated heterocycles. The van der Waals surface area contributed by atoms with E-state index in [-0.39, 0.29) is 5.82 Å². The molecular weight excluding hydrogens is 239 g/mol. The number of nitrogens with two attached hydrogens (primary N) is 1. The van der Waals surface area contributed by atoms with Crippen LogP contribution in [0.4, 0.5) is 21.5 Å². The van der Waals surface area contributed by atoms with Gasteiger partial charge in [0.25, 0.3) is 0 Å². The Balaban J connectivity index is 2.36. The first-order valence-electron chi connectivity index (χ1n) is 5.12. The first-order valence-corrected chi connectivity index (χ1v) is 5.50. The predicted molar refractivity (Wildman–Crippen MR) is 70.3 cm³/mol. The summed E-state index contributed by atoms with van der Waals surface area (Å²) in [6, 6.07) is 11.7. The number of anilines is 3. The van der Waals surface area contributed by atoms with E-state index < -0.39 is 0 Å². The zero-order valence-corrected chi connectivity index (χ0v) is 10.1. The molecule has 0 radical (unpaired) electrons. The highest BCUT2D eigenvalue weighted by Gasteiger charge is 2.08. The number of hydrogen-bond acceptors (Lipinski definition) is 2. The monoisotopic (exact) mass is 250 g/mol. The highest BCUT2D eigenvalue weighted by atomic mass is 35.5. The number of nitrogen functional groups attached to an aromatic ring is 1. The van der Waals surface area contributed by atoms with E-state index >= 15 is 0 Å². The van der Waals surface area contributed by atoms with Crippen molar-refractivity contribution in [2.24, 2.45) is 0 Å².